The van der Waals surface area contributed by atoms with Crippen LogP contribution in [0.15, 0.2) is 42.5 Å². The van der Waals surface area contributed by atoms with E-state index in [9.17, 15) is 24.3 Å². The number of benzene rings is 2. The normalized spacial score (nSPS) is 22.8. The van der Waals surface area contributed by atoms with Crippen LogP contribution in [-0.4, -0.2) is 70.1 Å². The molecule has 3 rings (SSSR count). The molecule has 1 heterocycles. The standard InChI is InChI=1S/C34H48N4O6S2/c1-20-16-24(39)17-21(2)25(20)19-26(35)30(41)37-27-31(42)36-15-11-14-23(18-22-12-9-8-10-13-22)29(40)38-28(32(43)44-7)34(5,6)46-45-33(27,3)4/h8-10,12-13,16-17,23,26-28,39H,11,14-15,18-19,35H2,1-7H3,(H,36,42)(H,37,41)(H,38,40)/t23-,26-,27-,28?/m0/s1. The van der Waals surface area contributed by atoms with Gasteiger partial charge in [0.2, 0.25) is 17.7 Å². The first-order chi connectivity index (χ1) is 21.6. The van der Waals surface area contributed by atoms with Gasteiger partial charge in [0.15, 0.2) is 0 Å². The minimum absolute atomic E-state index is 0.146. The van der Waals surface area contributed by atoms with Crippen LogP contribution in [0.4, 0.5) is 0 Å². The van der Waals surface area contributed by atoms with Gasteiger partial charge in [-0.05, 0) is 102 Å². The molecule has 12 heteroatoms. The lowest BCUT2D eigenvalue weighted by atomic mass is 9.92. The third-order valence-electron chi connectivity index (χ3n) is 8.30. The Kier molecular flexibility index (Phi) is 13.0. The molecule has 0 aromatic heterocycles. The van der Waals surface area contributed by atoms with Gasteiger partial charge < -0.3 is 31.5 Å². The number of ether oxygens (including phenoxy) is 1. The predicted molar refractivity (Wildman–Crippen MR) is 184 cm³/mol. The molecule has 1 unspecified atom stereocenters. The number of nitrogens with two attached hydrogens (primary N) is 1. The number of phenolic OH excluding ortho intramolecular Hbond substituents is 1. The summed E-state index contributed by atoms with van der Waals surface area (Å²) in [5.74, 6) is -1.96. The highest BCUT2D eigenvalue weighted by atomic mass is 33.1. The van der Waals surface area contributed by atoms with Gasteiger partial charge in [-0.1, -0.05) is 51.9 Å². The number of hydrogen-bond acceptors (Lipinski definition) is 9. The maximum Gasteiger partial charge on any atom is 0.329 e. The molecule has 0 bridgehead atoms. The zero-order chi connectivity index (χ0) is 34.2. The first-order valence-corrected chi connectivity index (χ1v) is 17.6. The van der Waals surface area contributed by atoms with Crippen molar-refractivity contribution in [2.24, 2.45) is 11.7 Å². The lowest BCUT2D eigenvalue weighted by molar-refractivity contribution is -0.146. The highest BCUT2D eigenvalue weighted by molar-refractivity contribution is 8.77. The first kappa shape index (κ1) is 37.2. The molecule has 252 valence electrons. The Balaban J connectivity index is 1.88. The molecule has 2 aromatic rings. The molecular weight excluding hydrogens is 625 g/mol. The van der Waals surface area contributed by atoms with E-state index in [0.717, 1.165) is 22.3 Å². The van der Waals surface area contributed by atoms with Crippen LogP contribution in [0.1, 0.15) is 62.8 Å². The summed E-state index contributed by atoms with van der Waals surface area (Å²) in [6.07, 6.45) is 1.68. The van der Waals surface area contributed by atoms with Gasteiger partial charge >= 0.3 is 5.97 Å². The molecule has 6 N–H and O–H groups in total. The Labute approximate surface area is 280 Å². The average molecular weight is 673 g/mol. The fourth-order valence-corrected chi connectivity index (χ4v) is 8.31. The first-order valence-electron chi connectivity index (χ1n) is 15.5. The second-order valence-electron chi connectivity index (χ2n) is 13.0. The van der Waals surface area contributed by atoms with Crippen molar-refractivity contribution in [2.45, 2.75) is 94.8 Å². The van der Waals surface area contributed by atoms with E-state index in [1.165, 1.54) is 28.7 Å². The molecule has 0 aliphatic carbocycles. The van der Waals surface area contributed by atoms with Crippen molar-refractivity contribution in [3.63, 3.8) is 0 Å². The molecule has 0 saturated carbocycles. The van der Waals surface area contributed by atoms with E-state index in [1.807, 2.05) is 71.9 Å². The van der Waals surface area contributed by atoms with Crippen molar-refractivity contribution in [2.75, 3.05) is 13.7 Å². The quantitative estimate of drug-likeness (QED) is 0.218. The van der Waals surface area contributed by atoms with Gasteiger partial charge in [-0.25, -0.2) is 4.79 Å². The van der Waals surface area contributed by atoms with Crippen LogP contribution in [0.3, 0.4) is 0 Å². The van der Waals surface area contributed by atoms with Crippen LogP contribution in [0.5, 0.6) is 5.75 Å². The maximum atomic E-state index is 13.7. The number of aromatic hydroxyl groups is 1. The summed E-state index contributed by atoms with van der Waals surface area (Å²) in [6.45, 7) is 11.4. The van der Waals surface area contributed by atoms with E-state index >= 15 is 0 Å². The molecule has 1 aliphatic heterocycles. The van der Waals surface area contributed by atoms with Gasteiger partial charge in [-0.2, -0.15) is 0 Å². The van der Waals surface area contributed by atoms with Gasteiger partial charge in [0.25, 0.3) is 0 Å². The summed E-state index contributed by atoms with van der Waals surface area (Å²) in [4.78, 5) is 53.9. The van der Waals surface area contributed by atoms with E-state index in [2.05, 4.69) is 16.0 Å². The number of methoxy groups -OCH3 is 1. The van der Waals surface area contributed by atoms with Crippen molar-refractivity contribution in [1.82, 2.24) is 16.0 Å². The molecule has 46 heavy (non-hydrogen) atoms. The summed E-state index contributed by atoms with van der Waals surface area (Å²) in [6, 6.07) is 10.1. The van der Waals surface area contributed by atoms with Gasteiger partial charge in [0.05, 0.1) is 17.9 Å². The molecule has 1 saturated heterocycles. The van der Waals surface area contributed by atoms with E-state index < -0.39 is 45.4 Å². The minimum atomic E-state index is -0.966. The smallest absolute Gasteiger partial charge is 0.329 e. The fourth-order valence-electron chi connectivity index (χ4n) is 5.50. The van der Waals surface area contributed by atoms with Gasteiger partial charge in [0.1, 0.15) is 17.8 Å². The number of nitrogens with one attached hydrogen (secondary N) is 3. The number of rotatable bonds is 7. The van der Waals surface area contributed by atoms with E-state index in [1.54, 1.807) is 12.1 Å². The lowest BCUT2D eigenvalue weighted by Gasteiger charge is -2.38. The fraction of sp³-hybridized carbons (Fsp3) is 0.529. The summed E-state index contributed by atoms with van der Waals surface area (Å²) in [7, 11) is 3.96. The molecular formula is C34H48N4O6S2. The van der Waals surface area contributed by atoms with E-state index in [-0.39, 0.29) is 24.0 Å². The number of amides is 3. The van der Waals surface area contributed by atoms with Crippen LogP contribution in [0, 0.1) is 19.8 Å². The SMILES string of the molecule is COC(=O)C1NC(=O)[C@H](Cc2ccccc2)CCCNC(=O)[C@H](NC(=O)[C@@H](N)Cc2c(C)cc(O)cc2C)C(C)(C)SSC1(C)C. The predicted octanol–water partition coefficient (Wildman–Crippen LogP) is 3.73. The van der Waals surface area contributed by atoms with Crippen LogP contribution < -0.4 is 21.7 Å². The molecule has 3 amide bonds. The van der Waals surface area contributed by atoms with E-state index in [4.69, 9.17) is 10.5 Å². The number of carbonyl (C=O) groups is 4. The molecule has 0 spiro atoms. The number of esters is 1. The van der Waals surface area contributed by atoms with Crippen molar-refractivity contribution in [3.05, 3.63) is 64.7 Å². The Hall–Kier alpha value is -3.22. The highest BCUT2D eigenvalue weighted by Crippen LogP contribution is 2.47. The van der Waals surface area contributed by atoms with E-state index in [0.29, 0.717) is 25.8 Å². The van der Waals surface area contributed by atoms with Crippen LogP contribution in [-0.2, 0) is 36.8 Å². The van der Waals surface area contributed by atoms with Crippen molar-refractivity contribution in [3.8, 4) is 5.75 Å². The molecule has 1 fully saturated rings. The van der Waals surface area contributed by atoms with Crippen LogP contribution in [0.25, 0.3) is 0 Å². The number of carbonyl (C=O) groups excluding carboxylic acids is 4. The summed E-state index contributed by atoms with van der Waals surface area (Å²) < 4.78 is 3.39. The molecule has 4 atom stereocenters. The molecule has 10 nitrogen and oxygen atoms in total. The zero-order valence-corrected chi connectivity index (χ0v) is 29.4. The highest BCUT2D eigenvalue weighted by Gasteiger charge is 2.44. The topological polar surface area (TPSA) is 160 Å². The summed E-state index contributed by atoms with van der Waals surface area (Å²) in [5, 5.41) is 18.8. The Morgan fingerprint density at radius 1 is 1.04 bits per heavy atom. The lowest BCUT2D eigenvalue weighted by Crippen LogP contribution is -2.60. The van der Waals surface area contributed by atoms with Crippen molar-refractivity contribution in [1.29, 1.82) is 0 Å². The largest absolute Gasteiger partial charge is 0.508 e. The Morgan fingerprint density at radius 3 is 2.26 bits per heavy atom. The minimum Gasteiger partial charge on any atom is -0.508 e. The second kappa shape index (κ2) is 16.1. The number of phenols is 1. The number of aryl methyl sites for hydroxylation is 2. The second-order valence-corrected chi connectivity index (χ2v) is 16.4. The summed E-state index contributed by atoms with van der Waals surface area (Å²) >= 11 is 0. The molecule has 0 radical (unpaired) electrons. The monoisotopic (exact) mass is 672 g/mol. The van der Waals surface area contributed by atoms with Crippen molar-refractivity contribution >= 4 is 45.3 Å². The van der Waals surface area contributed by atoms with Gasteiger partial charge in [-0.3, -0.25) is 14.4 Å². The third kappa shape index (κ3) is 9.89. The Morgan fingerprint density at radius 2 is 1.65 bits per heavy atom. The summed E-state index contributed by atoms with van der Waals surface area (Å²) in [5.41, 5.74) is 9.88. The zero-order valence-electron chi connectivity index (χ0n) is 27.8. The van der Waals surface area contributed by atoms with Gasteiger partial charge in [-0.15, -0.1) is 0 Å². The Bertz CT molecular complexity index is 1380. The molecule has 2 aromatic carbocycles. The average Bonchev–Trinajstić information content (AvgIpc) is 3.00. The van der Waals surface area contributed by atoms with Gasteiger partial charge in [0, 0.05) is 17.2 Å². The van der Waals surface area contributed by atoms with Crippen LogP contribution >= 0.6 is 21.6 Å². The number of hydrogen-bond donors (Lipinski definition) is 5. The van der Waals surface area contributed by atoms with Crippen LogP contribution in [0.2, 0.25) is 0 Å². The third-order valence-corrected chi connectivity index (χ3v) is 12.5. The van der Waals surface area contributed by atoms with Crippen molar-refractivity contribution < 1.29 is 29.0 Å². The molecule has 1 aliphatic rings. The maximum absolute atomic E-state index is 13.7.